The lowest BCUT2D eigenvalue weighted by Gasteiger charge is -2.30. The number of hydrogen-bond donors (Lipinski definition) is 2. The predicted molar refractivity (Wildman–Crippen MR) is 88.8 cm³/mol. The maximum absolute atomic E-state index is 12.5. The van der Waals surface area contributed by atoms with Crippen molar-refractivity contribution in [3.63, 3.8) is 0 Å². The minimum absolute atomic E-state index is 0.158. The second kappa shape index (κ2) is 5.73. The molecular weight excluding hydrogens is 352 g/mol. The number of carbonyl (C=O) groups is 2. The van der Waals surface area contributed by atoms with Crippen LogP contribution in [0.1, 0.15) is 38.3 Å². The van der Waals surface area contributed by atoms with Crippen molar-refractivity contribution in [2.24, 2.45) is 5.41 Å². The van der Waals surface area contributed by atoms with Gasteiger partial charge in [-0.3, -0.25) is 4.79 Å². The summed E-state index contributed by atoms with van der Waals surface area (Å²) in [6.45, 7) is 3.82. The van der Waals surface area contributed by atoms with Gasteiger partial charge < -0.3 is 15.3 Å². The molecule has 24 heavy (non-hydrogen) atoms. The Labute approximate surface area is 144 Å². The highest BCUT2D eigenvalue weighted by Gasteiger charge is 2.43. The standard InChI is InChI=1S/C15H20N2O5S2/c1-9-7-11(10-3-6-23-12(10)24(9,21)22)16-14(20)17-5-4-15(2,8-17)13(18)19/h3,6,9,11H,4-5,7-8H2,1-2H3,(H,16,20)(H,18,19)/t9-,11-,15?/m0/s1. The zero-order chi connectivity index (χ0) is 17.7. The second-order valence-corrected chi connectivity index (χ2v) is 10.3. The number of fused-ring (bicyclic) bond motifs is 1. The van der Waals surface area contributed by atoms with Gasteiger partial charge in [-0.05, 0) is 38.1 Å². The second-order valence-electron chi connectivity index (χ2n) is 6.79. The van der Waals surface area contributed by atoms with Crippen LogP contribution in [-0.4, -0.2) is 48.8 Å². The molecule has 0 radical (unpaired) electrons. The molecule has 2 N–H and O–H groups in total. The third kappa shape index (κ3) is 2.69. The van der Waals surface area contributed by atoms with Gasteiger partial charge in [0.2, 0.25) is 0 Å². The van der Waals surface area contributed by atoms with Crippen LogP contribution in [0.2, 0.25) is 0 Å². The van der Waals surface area contributed by atoms with E-state index in [1.807, 2.05) is 0 Å². The summed E-state index contributed by atoms with van der Waals surface area (Å²) in [7, 11) is -3.32. The normalized spacial score (nSPS) is 31.5. The van der Waals surface area contributed by atoms with Crippen LogP contribution in [-0.2, 0) is 14.6 Å². The van der Waals surface area contributed by atoms with Gasteiger partial charge in [0.25, 0.3) is 0 Å². The van der Waals surface area contributed by atoms with Crippen molar-refractivity contribution in [2.45, 2.75) is 42.2 Å². The van der Waals surface area contributed by atoms with Crippen molar-refractivity contribution in [2.75, 3.05) is 13.1 Å². The number of nitrogens with zero attached hydrogens (tertiary/aromatic N) is 1. The number of hydrogen-bond acceptors (Lipinski definition) is 5. The van der Waals surface area contributed by atoms with Gasteiger partial charge in [-0.2, -0.15) is 0 Å². The van der Waals surface area contributed by atoms with Crippen LogP contribution < -0.4 is 5.32 Å². The van der Waals surface area contributed by atoms with Gasteiger partial charge >= 0.3 is 12.0 Å². The molecule has 3 heterocycles. The maximum atomic E-state index is 12.5. The smallest absolute Gasteiger partial charge is 0.317 e. The van der Waals surface area contributed by atoms with Gasteiger partial charge in [0.05, 0.1) is 16.7 Å². The molecule has 0 saturated carbocycles. The van der Waals surface area contributed by atoms with Crippen LogP contribution >= 0.6 is 11.3 Å². The first-order valence-corrected chi connectivity index (χ1v) is 10.2. The highest BCUT2D eigenvalue weighted by molar-refractivity contribution is 7.94. The molecule has 0 aliphatic carbocycles. The van der Waals surface area contributed by atoms with Gasteiger partial charge in [-0.15, -0.1) is 11.3 Å². The van der Waals surface area contributed by atoms with E-state index < -0.39 is 26.5 Å². The first-order chi connectivity index (χ1) is 11.1. The van der Waals surface area contributed by atoms with Crippen molar-refractivity contribution in [3.05, 3.63) is 17.0 Å². The van der Waals surface area contributed by atoms with E-state index in [4.69, 9.17) is 0 Å². The number of rotatable bonds is 2. The molecule has 2 amide bonds. The molecule has 7 nitrogen and oxygen atoms in total. The van der Waals surface area contributed by atoms with Gasteiger partial charge in [0.1, 0.15) is 4.21 Å². The van der Waals surface area contributed by atoms with Crippen molar-refractivity contribution < 1.29 is 23.1 Å². The molecule has 1 saturated heterocycles. The number of nitrogens with one attached hydrogen (secondary N) is 1. The van der Waals surface area contributed by atoms with Crippen LogP contribution in [0.4, 0.5) is 4.79 Å². The van der Waals surface area contributed by atoms with Gasteiger partial charge in [-0.25, -0.2) is 13.2 Å². The van der Waals surface area contributed by atoms with E-state index in [9.17, 15) is 23.1 Å². The Hall–Kier alpha value is -1.61. The average molecular weight is 372 g/mol. The molecule has 0 spiro atoms. The largest absolute Gasteiger partial charge is 0.481 e. The maximum Gasteiger partial charge on any atom is 0.317 e. The minimum atomic E-state index is -3.32. The van der Waals surface area contributed by atoms with E-state index >= 15 is 0 Å². The van der Waals surface area contributed by atoms with Crippen molar-refractivity contribution in [1.82, 2.24) is 10.2 Å². The molecule has 0 aromatic carbocycles. The SMILES string of the molecule is C[C@H]1C[C@H](NC(=O)N2CCC(C)(C(=O)O)C2)c2ccsc2S1(=O)=O. The molecular formula is C15H20N2O5S2. The lowest BCUT2D eigenvalue weighted by molar-refractivity contribution is -0.147. The molecule has 2 aliphatic heterocycles. The molecule has 1 aromatic rings. The monoisotopic (exact) mass is 372 g/mol. The van der Waals surface area contributed by atoms with E-state index in [0.717, 1.165) is 0 Å². The fourth-order valence-corrected chi connectivity index (χ4v) is 6.48. The number of thiophene rings is 1. The van der Waals surface area contributed by atoms with Crippen molar-refractivity contribution >= 4 is 33.2 Å². The number of carboxylic acids is 1. The summed E-state index contributed by atoms with van der Waals surface area (Å²) in [4.78, 5) is 25.3. The van der Waals surface area contributed by atoms with Crippen LogP contribution in [0.15, 0.2) is 15.7 Å². The lowest BCUT2D eigenvalue weighted by Crippen LogP contribution is -2.44. The Morgan fingerprint density at radius 3 is 2.79 bits per heavy atom. The van der Waals surface area contributed by atoms with Crippen LogP contribution in [0.3, 0.4) is 0 Å². The molecule has 3 atom stereocenters. The van der Waals surface area contributed by atoms with Crippen LogP contribution in [0, 0.1) is 5.41 Å². The van der Waals surface area contributed by atoms with Gasteiger partial charge in [0.15, 0.2) is 9.84 Å². The number of aliphatic carboxylic acids is 1. The van der Waals surface area contributed by atoms with Crippen LogP contribution in [0.25, 0.3) is 0 Å². The van der Waals surface area contributed by atoms with Gasteiger partial charge in [-0.1, -0.05) is 0 Å². The number of amides is 2. The molecule has 2 aliphatic rings. The van der Waals surface area contributed by atoms with Crippen molar-refractivity contribution in [1.29, 1.82) is 0 Å². The molecule has 3 rings (SSSR count). The first kappa shape index (κ1) is 17.2. The zero-order valence-corrected chi connectivity index (χ0v) is 15.1. The van der Waals surface area contributed by atoms with E-state index in [1.54, 1.807) is 25.3 Å². The summed E-state index contributed by atoms with van der Waals surface area (Å²) in [6.07, 6.45) is 0.733. The number of carbonyl (C=O) groups excluding carboxylic acids is 1. The third-order valence-electron chi connectivity index (χ3n) is 4.96. The van der Waals surface area contributed by atoms with E-state index in [0.29, 0.717) is 29.2 Å². The van der Waals surface area contributed by atoms with Crippen molar-refractivity contribution in [3.8, 4) is 0 Å². The lowest BCUT2D eigenvalue weighted by atomic mass is 9.90. The van der Waals surface area contributed by atoms with Crippen LogP contribution in [0.5, 0.6) is 0 Å². The molecule has 1 unspecified atom stereocenters. The minimum Gasteiger partial charge on any atom is -0.481 e. The van der Waals surface area contributed by atoms with Gasteiger partial charge in [0, 0.05) is 18.7 Å². The fourth-order valence-electron chi connectivity index (χ4n) is 3.25. The molecule has 1 aromatic heterocycles. The van der Waals surface area contributed by atoms with E-state index in [1.165, 1.54) is 16.2 Å². The summed E-state index contributed by atoms with van der Waals surface area (Å²) in [6, 6.07) is 1.03. The summed E-state index contributed by atoms with van der Waals surface area (Å²) in [5, 5.41) is 13.3. The quantitative estimate of drug-likeness (QED) is 0.825. The van der Waals surface area contributed by atoms with E-state index in [2.05, 4.69) is 5.32 Å². The summed E-state index contributed by atoms with van der Waals surface area (Å²) >= 11 is 1.17. The Morgan fingerprint density at radius 1 is 1.46 bits per heavy atom. The molecule has 9 heteroatoms. The number of urea groups is 1. The Bertz CT molecular complexity index is 788. The summed E-state index contributed by atoms with van der Waals surface area (Å²) in [5.74, 6) is -0.907. The predicted octanol–water partition coefficient (Wildman–Crippen LogP) is 1.86. The molecule has 1 fully saturated rings. The molecule has 132 valence electrons. The Kier molecular flexibility index (Phi) is 4.11. The average Bonchev–Trinajstić information content (AvgIpc) is 3.13. The number of carboxylic acid groups (broad SMARTS) is 1. The first-order valence-electron chi connectivity index (χ1n) is 7.75. The number of likely N-dealkylation sites (tertiary alicyclic amines) is 1. The molecule has 0 bridgehead atoms. The number of sulfone groups is 1. The highest BCUT2D eigenvalue weighted by atomic mass is 32.2. The zero-order valence-electron chi connectivity index (χ0n) is 13.5. The van der Waals surface area contributed by atoms with E-state index in [-0.39, 0.29) is 18.6 Å². The highest BCUT2D eigenvalue weighted by Crippen LogP contribution is 2.40. The Morgan fingerprint density at radius 2 is 2.17 bits per heavy atom. The summed E-state index contributed by atoms with van der Waals surface area (Å²) < 4.78 is 25.0. The fraction of sp³-hybridized carbons (Fsp3) is 0.600. The third-order valence-corrected chi connectivity index (χ3v) is 8.68. The Balaban J connectivity index is 1.76. The summed E-state index contributed by atoms with van der Waals surface area (Å²) in [5.41, 5.74) is -0.291. The topological polar surface area (TPSA) is 104 Å².